The molecule has 3 aromatic carbocycles. The molecule has 1 aliphatic heterocycles. The number of ether oxygens (including phenoxy) is 1. The summed E-state index contributed by atoms with van der Waals surface area (Å²) >= 11 is 0. The van der Waals surface area contributed by atoms with Crippen molar-refractivity contribution in [1.82, 2.24) is 14.7 Å². The number of fused-ring (bicyclic) bond motifs is 1. The van der Waals surface area contributed by atoms with Crippen LogP contribution in [0.25, 0.3) is 27.8 Å². The Bertz CT molecular complexity index is 1860. The number of rotatable bonds is 5. The van der Waals surface area contributed by atoms with Gasteiger partial charge in [-0.2, -0.15) is 0 Å². The van der Waals surface area contributed by atoms with Gasteiger partial charge in [0.25, 0.3) is 0 Å². The van der Waals surface area contributed by atoms with E-state index in [-0.39, 0.29) is 29.4 Å². The van der Waals surface area contributed by atoms with Gasteiger partial charge in [-0.1, -0.05) is 11.2 Å². The van der Waals surface area contributed by atoms with Crippen LogP contribution in [0.3, 0.4) is 0 Å². The summed E-state index contributed by atoms with van der Waals surface area (Å²) in [5.74, 6) is -2.25. The quantitative estimate of drug-likeness (QED) is 0.168. The van der Waals surface area contributed by atoms with Crippen LogP contribution in [-0.2, 0) is 4.79 Å². The number of aryl methyl sites for hydroxylation is 2. The Kier molecular flexibility index (Phi) is 6.82. The van der Waals surface area contributed by atoms with Crippen LogP contribution in [0.1, 0.15) is 42.6 Å². The zero-order valence-corrected chi connectivity index (χ0v) is 22.9. The molecule has 3 heterocycles. The van der Waals surface area contributed by atoms with Gasteiger partial charge >= 0.3 is 6.36 Å². The number of nitrogen functional groups attached to an aromatic ring is 1. The number of benzene rings is 3. The van der Waals surface area contributed by atoms with Crippen molar-refractivity contribution in [2.24, 2.45) is 0 Å². The second kappa shape index (κ2) is 10.4. The van der Waals surface area contributed by atoms with Crippen molar-refractivity contribution in [3.8, 4) is 22.6 Å². The molecule has 1 fully saturated rings. The smallest absolute Gasteiger partial charge is 0.404 e. The van der Waals surface area contributed by atoms with Gasteiger partial charge in [-0.25, -0.2) is 13.8 Å². The van der Waals surface area contributed by atoms with Gasteiger partial charge in [0.05, 0.1) is 34.1 Å². The second-order valence-corrected chi connectivity index (χ2v) is 10.2. The molecule has 2 aromatic heterocycles. The van der Waals surface area contributed by atoms with E-state index in [1.807, 2.05) is 0 Å². The maximum Gasteiger partial charge on any atom is 0.573 e. The molecular formula is C30H24F5N5O3. The Hall–Kier alpha value is -4.94. The van der Waals surface area contributed by atoms with E-state index in [0.29, 0.717) is 41.2 Å². The van der Waals surface area contributed by atoms with Crippen LogP contribution in [0.2, 0.25) is 0 Å². The highest BCUT2D eigenvalue weighted by atomic mass is 19.4. The third-order valence-electron chi connectivity index (χ3n) is 7.41. The van der Waals surface area contributed by atoms with Crippen molar-refractivity contribution in [2.45, 2.75) is 45.5 Å². The molecule has 1 aliphatic rings. The molecular weight excluding hydrogens is 573 g/mol. The number of hydrogen-bond acceptors (Lipinski definition) is 6. The summed E-state index contributed by atoms with van der Waals surface area (Å²) in [6, 6.07) is 11.7. The van der Waals surface area contributed by atoms with Gasteiger partial charge in [-0.15, -0.1) is 13.2 Å². The second-order valence-electron chi connectivity index (χ2n) is 10.2. The van der Waals surface area contributed by atoms with Crippen molar-refractivity contribution in [2.75, 3.05) is 10.6 Å². The highest BCUT2D eigenvalue weighted by Crippen LogP contribution is 2.40. The number of piperidine rings is 1. The number of carbonyl (C=O) groups excluding carboxylic acids is 1. The number of nitrogens with two attached hydrogens (primary N) is 1. The van der Waals surface area contributed by atoms with Crippen LogP contribution in [0.5, 0.6) is 5.75 Å². The van der Waals surface area contributed by atoms with Gasteiger partial charge in [0.1, 0.15) is 11.6 Å². The van der Waals surface area contributed by atoms with E-state index in [0.717, 1.165) is 29.3 Å². The van der Waals surface area contributed by atoms with Gasteiger partial charge in [-0.05, 0) is 68.7 Å². The monoisotopic (exact) mass is 597 g/mol. The summed E-state index contributed by atoms with van der Waals surface area (Å²) in [7, 11) is 0. The predicted molar refractivity (Wildman–Crippen MR) is 148 cm³/mol. The molecule has 1 amide bonds. The fourth-order valence-corrected chi connectivity index (χ4v) is 5.59. The lowest BCUT2D eigenvalue weighted by Gasteiger charge is -2.35. The van der Waals surface area contributed by atoms with Gasteiger partial charge in [0, 0.05) is 29.8 Å². The SMILES string of the molecule is Cc1noc(C)c1-c1ccc2c(c1)nc([C@@H]1CCCC(=O)N1c1ccc(F)c(F)c1)n2-c1ccc(N)c(OC(F)(F)F)c1. The number of imidazole rings is 1. The molecule has 1 saturated heterocycles. The van der Waals surface area contributed by atoms with Crippen molar-refractivity contribution in [3.63, 3.8) is 0 Å². The molecule has 43 heavy (non-hydrogen) atoms. The van der Waals surface area contributed by atoms with E-state index in [1.54, 1.807) is 36.6 Å². The highest BCUT2D eigenvalue weighted by Gasteiger charge is 2.36. The van der Waals surface area contributed by atoms with E-state index in [4.69, 9.17) is 15.2 Å². The van der Waals surface area contributed by atoms with Gasteiger partial charge in [-0.3, -0.25) is 9.36 Å². The predicted octanol–water partition coefficient (Wildman–Crippen LogP) is 7.31. The number of nitrogens with zero attached hydrogens (tertiary/aromatic N) is 4. The van der Waals surface area contributed by atoms with Crippen molar-refractivity contribution >= 4 is 28.3 Å². The number of carbonyl (C=O) groups is 1. The van der Waals surface area contributed by atoms with E-state index in [2.05, 4.69) is 9.89 Å². The van der Waals surface area contributed by atoms with Crippen LogP contribution in [0.4, 0.5) is 33.3 Å². The van der Waals surface area contributed by atoms with Crippen molar-refractivity contribution < 1.29 is 36.0 Å². The number of halogens is 5. The number of amides is 1. The minimum atomic E-state index is -4.99. The topological polar surface area (TPSA) is 99.4 Å². The Balaban J connectivity index is 1.58. The summed E-state index contributed by atoms with van der Waals surface area (Å²) in [6.07, 6.45) is -3.96. The molecule has 0 radical (unpaired) electrons. The van der Waals surface area contributed by atoms with Crippen LogP contribution in [0.15, 0.2) is 59.1 Å². The Morgan fingerprint density at radius 1 is 1.00 bits per heavy atom. The molecule has 8 nitrogen and oxygen atoms in total. The molecule has 2 N–H and O–H groups in total. The first-order chi connectivity index (χ1) is 20.4. The van der Waals surface area contributed by atoms with E-state index in [9.17, 15) is 26.7 Å². The maximum atomic E-state index is 14.3. The summed E-state index contributed by atoms with van der Waals surface area (Å²) in [5, 5.41) is 4.01. The lowest BCUT2D eigenvalue weighted by molar-refractivity contribution is -0.274. The molecule has 1 atom stereocenters. The third kappa shape index (κ3) is 5.15. The Labute approximate surface area is 241 Å². The van der Waals surface area contributed by atoms with E-state index in [1.165, 1.54) is 23.1 Å². The molecule has 0 aliphatic carbocycles. The summed E-state index contributed by atoms with van der Waals surface area (Å²) in [4.78, 5) is 19.5. The maximum absolute atomic E-state index is 14.3. The number of anilines is 2. The van der Waals surface area contributed by atoms with Gasteiger partial charge in [0.15, 0.2) is 17.4 Å². The fraction of sp³-hybridized carbons (Fsp3) is 0.233. The highest BCUT2D eigenvalue weighted by molar-refractivity contribution is 5.95. The Morgan fingerprint density at radius 3 is 2.47 bits per heavy atom. The summed E-state index contributed by atoms with van der Waals surface area (Å²) in [6.45, 7) is 3.57. The van der Waals surface area contributed by atoms with Gasteiger partial charge in [0.2, 0.25) is 5.91 Å². The van der Waals surface area contributed by atoms with Crippen molar-refractivity contribution in [1.29, 1.82) is 0 Å². The van der Waals surface area contributed by atoms with Crippen LogP contribution in [-0.4, -0.2) is 27.0 Å². The molecule has 0 saturated carbocycles. The van der Waals surface area contributed by atoms with Crippen molar-refractivity contribution in [3.05, 3.63) is 83.5 Å². The van der Waals surface area contributed by atoms with Crippen LogP contribution < -0.4 is 15.4 Å². The van der Waals surface area contributed by atoms with Crippen LogP contribution in [0, 0.1) is 25.5 Å². The molecule has 5 aromatic rings. The summed E-state index contributed by atoms with van der Waals surface area (Å²) in [5.41, 5.74) is 9.08. The minimum absolute atomic E-state index is 0.127. The van der Waals surface area contributed by atoms with Crippen LogP contribution >= 0.6 is 0 Å². The largest absolute Gasteiger partial charge is 0.573 e. The molecule has 0 unspecified atom stereocenters. The average molecular weight is 598 g/mol. The Morgan fingerprint density at radius 2 is 1.77 bits per heavy atom. The average Bonchev–Trinajstić information content (AvgIpc) is 3.49. The zero-order chi connectivity index (χ0) is 30.6. The van der Waals surface area contributed by atoms with E-state index >= 15 is 0 Å². The standard InChI is InChI=1S/C30H24F5N5O3/c1-15-28(16(2)43-38-15)17-6-11-24-23(12-17)37-29(40(24)19-8-10-22(36)26(14-19)42-30(33,34)35)25-4-3-5-27(41)39(25)18-7-9-20(31)21(32)13-18/h6-14,25H,3-5,36H2,1-2H3/t25-/m0/s1. The van der Waals surface area contributed by atoms with Gasteiger partial charge < -0.3 is 19.9 Å². The third-order valence-corrected chi connectivity index (χ3v) is 7.41. The fourth-order valence-electron chi connectivity index (χ4n) is 5.59. The lowest BCUT2D eigenvalue weighted by Crippen LogP contribution is -2.39. The number of aromatic nitrogens is 3. The first-order valence-electron chi connectivity index (χ1n) is 13.3. The normalized spacial score (nSPS) is 15.8. The first-order valence-corrected chi connectivity index (χ1v) is 13.3. The number of hydrogen-bond donors (Lipinski definition) is 1. The molecule has 13 heteroatoms. The molecule has 0 spiro atoms. The number of alkyl halides is 3. The zero-order valence-electron chi connectivity index (χ0n) is 22.9. The first kappa shape index (κ1) is 28.2. The summed E-state index contributed by atoms with van der Waals surface area (Å²) < 4.78 is 78.8. The molecule has 222 valence electrons. The lowest BCUT2D eigenvalue weighted by atomic mass is 9.99. The molecule has 6 rings (SSSR count). The molecule has 0 bridgehead atoms. The van der Waals surface area contributed by atoms with E-state index < -0.39 is 29.8 Å². The minimum Gasteiger partial charge on any atom is -0.404 e.